The average molecular weight is 463 g/mol. The quantitative estimate of drug-likeness (QED) is 0.157. The minimum atomic E-state index is -1.99. The summed E-state index contributed by atoms with van der Waals surface area (Å²) in [7, 11) is 0. The van der Waals surface area contributed by atoms with Crippen molar-refractivity contribution >= 4 is 5.97 Å². The van der Waals surface area contributed by atoms with Gasteiger partial charge in [0, 0.05) is 18.0 Å². The molecule has 3 aromatic rings. The van der Waals surface area contributed by atoms with E-state index in [4.69, 9.17) is 4.74 Å². The van der Waals surface area contributed by atoms with Crippen LogP contribution in [0.2, 0.25) is 0 Å². The zero-order valence-electron chi connectivity index (χ0n) is 20.5. The second-order valence-corrected chi connectivity index (χ2v) is 8.99. The number of halogens is 1. The molecule has 4 nitrogen and oxygen atoms in total. The fourth-order valence-electron chi connectivity index (χ4n) is 3.84. The minimum Gasteiger partial charge on any atom is -0.424 e. The number of rotatable bonds is 12. The Morgan fingerprint density at radius 3 is 2.18 bits per heavy atom. The molecule has 1 aromatic heterocycles. The Labute approximate surface area is 202 Å². The molecular formula is C29H35FN2O2. The van der Waals surface area contributed by atoms with Gasteiger partial charge in [0.15, 0.2) is 5.82 Å². The number of aromatic nitrogens is 2. The van der Waals surface area contributed by atoms with Crippen molar-refractivity contribution in [3.05, 3.63) is 66.5 Å². The number of benzene rings is 2. The van der Waals surface area contributed by atoms with Gasteiger partial charge in [-0.05, 0) is 61.4 Å². The third-order valence-corrected chi connectivity index (χ3v) is 5.99. The van der Waals surface area contributed by atoms with E-state index >= 15 is 0 Å². The zero-order chi connectivity index (χ0) is 24.4. The monoisotopic (exact) mass is 462 g/mol. The summed E-state index contributed by atoms with van der Waals surface area (Å²) in [5.74, 6) is 0.163. The van der Waals surface area contributed by atoms with Crippen molar-refractivity contribution in [2.24, 2.45) is 0 Å². The molecule has 0 bridgehead atoms. The normalized spacial score (nSPS) is 12.8. The second-order valence-electron chi connectivity index (χ2n) is 8.99. The van der Waals surface area contributed by atoms with Crippen LogP contribution in [0.5, 0.6) is 5.75 Å². The van der Waals surface area contributed by atoms with Gasteiger partial charge in [0.25, 0.3) is 0 Å². The molecule has 34 heavy (non-hydrogen) atoms. The standard InChI is InChI=1S/C29H35FN2O2/c1-4-6-8-11-19-29(3,30)28(33)34-24-17-15-23(16-18-24)25-13-9-10-14-26(25)27-31-20-22(21-32-27)12-7-5-2/h9-10,13-18,20-21H,4-8,11-12,19H2,1-3H3. The molecule has 0 aliphatic heterocycles. The van der Waals surface area contributed by atoms with Crippen molar-refractivity contribution in [1.82, 2.24) is 9.97 Å². The summed E-state index contributed by atoms with van der Waals surface area (Å²) in [6.07, 6.45) is 10.9. The third-order valence-electron chi connectivity index (χ3n) is 5.99. The van der Waals surface area contributed by atoms with E-state index in [1.807, 2.05) is 48.8 Å². The fourth-order valence-corrected chi connectivity index (χ4v) is 3.84. The summed E-state index contributed by atoms with van der Waals surface area (Å²) in [4.78, 5) is 21.5. The van der Waals surface area contributed by atoms with Gasteiger partial charge in [-0.15, -0.1) is 0 Å². The first-order valence-electron chi connectivity index (χ1n) is 12.4. The van der Waals surface area contributed by atoms with Crippen LogP contribution in [-0.2, 0) is 11.2 Å². The van der Waals surface area contributed by atoms with Crippen molar-refractivity contribution in [1.29, 1.82) is 0 Å². The van der Waals surface area contributed by atoms with Gasteiger partial charge in [0.05, 0.1) is 0 Å². The average Bonchev–Trinajstić information content (AvgIpc) is 2.86. The molecule has 0 aliphatic rings. The Balaban J connectivity index is 1.71. The molecule has 0 amide bonds. The molecule has 1 atom stereocenters. The molecule has 1 heterocycles. The van der Waals surface area contributed by atoms with Crippen LogP contribution in [0, 0.1) is 0 Å². The highest BCUT2D eigenvalue weighted by molar-refractivity contribution is 5.82. The maximum absolute atomic E-state index is 14.8. The van der Waals surface area contributed by atoms with Crippen molar-refractivity contribution in [3.63, 3.8) is 0 Å². The Bertz CT molecular complexity index is 1050. The SMILES string of the molecule is CCCCCCC(C)(F)C(=O)Oc1ccc(-c2ccccc2-c2ncc(CCCC)cn2)cc1. The van der Waals surface area contributed by atoms with Crippen LogP contribution in [0.15, 0.2) is 60.9 Å². The molecule has 0 saturated carbocycles. The van der Waals surface area contributed by atoms with E-state index in [0.29, 0.717) is 18.0 Å². The maximum Gasteiger partial charge on any atom is 0.348 e. The number of carbonyl (C=O) groups excluding carboxylic acids is 1. The first-order valence-corrected chi connectivity index (χ1v) is 12.4. The molecule has 5 heteroatoms. The highest BCUT2D eigenvalue weighted by atomic mass is 19.1. The predicted octanol–water partition coefficient (Wildman–Crippen LogP) is 7.76. The molecule has 0 spiro atoms. The van der Waals surface area contributed by atoms with Crippen molar-refractivity contribution in [2.45, 2.75) is 77.8 Å². The first-order chi connectivity index (χ1) is 16.4. The van der Waals surface area contributed by atoms with E-state index < -0.39 is 11.6 Å². The number of hydrogen-bond acceptors (Lipinski definition) is 4. The van der Waals surface area contributed by atoms with E-state index in [0.717, 1.165) is 60.8 Å². The predicted molar refractivity (Wildman–Crippen MR) is 135 cm³/mol. The number of ether oxygens (including phenoxy) is 1. The summed E-state index contributed by atoms with van der Waals surface area (Å²) in [6, 6.07) is 15.1. The minimum absolute atomic E-state index is 0.175. The number of unbranched alkanes of at least 4 members (excludes halogenated alkanes) is 4. The van der Waals surface area contributed by atoms with Crippen molar-refractivity contribution in [2.75, 3.05) is 0 Å². The maximum atomic E-state index is 14.8. The van der Waals surface area contributed by atoms with E-state index in [-0.39, 0.29) is 6.42 Å². The van der Waals surface area contributed by atoms with Crippen LogP contribution in [-0.4, -0.2) is 21.6 Å². The van der Waals surface area contributed by atoms with E-state index in [1.54, 1.807) is 12.1 Å². The second kappa shape index (κ2) is 12.4. The summed E-state index contributed by atoms with van der Waals surface area (Å²) in [5, 5.41) is 0. The van der Waals surface area contributed by atoms with Crippen LogP contribution < -0.4 is 4.74 Å². The summed E-state index contributed by atoms with van der Waals surface area (Å²) in [6.45, 7) is 5.57. The van der Waals surface area contributed by atoms with Crippen molar-refractivity contribution < 1.29 is 13.9 Å². The van der Waals surface area contributed by atoms with Crippen LogP contribution >= 0.6 is 0 Å². The zero-order valence-corrected chi connectivity index (χ0v) is 20.5. The van der Waals surface area contributed by atoms with E-state index in [9.17, 15) is 9.18 Å². The molecule has 1 unspecified atom stereocenters. The van der Waals surface area contributed by atoms with Gasteiger partial charge < -0.3 is 4.74 Å². The van der Waals surface area contributed by atoms with Gasteiger partial charge in [-0.3, -0.25) is 0 Å². The Morgan fingerprint density at radius 1 is 0.882 bits per heavy atom. The lowest BCUT2D eigenvalue weighted by Crippen LogP contribution is -2.34. The van der Waals surface area contributed by atoms with Crippen LogP contribution in [0.4, 0.5) is 4.39 Å². The topological polar surface area (TPSA) is 52.1 Å². The number of carbonyl (C=O) groups is 1. The fraction of sp³-hybridized carbons (Fsp3) is 0.414. The van der Waals surface area contributed by atoms with Gasteiger partial charge >= 0.3 is 5.97 Å². The highest BCUT2D eigenvalue weighted by Gasteiger charge is 2.34. The Morgan fingerprint density at radius 2 is 1.53 bits per heavy atom. The van der Waals surface area contributed by atoms with E-state index in [1.165, 1.54) is 6.92 Å². The highest BCUT2D eigenvalue weighted by Crippen LogP contribution is 2.31. The molecule has 0 aliphatic carbocycles. The molecule has 0 fully saturated rings. The molecule has 0 saturated heterocycles. The summed E-state index contributed by atoms with van der Waals surface area (Å²) < 4.78 is 20.1. The lowest BCUT2D eigenvalue weighted by atomic mass is 9.98. The molecule has 0 radical (unpaired) electrons. The van der Waals surface area contributed by atoms with Crippen molar-refractivity contribution in [3.8, 4) is 28.3 Å². The van der Waals surface area contributed by atoms with Crippen LogP contribution in [0.25, 0.3) is 22.5 Å². The molecular weight excluding hydrogens is 427 g/mol. The Kier molecular flexibility index (Phi) is 9.32. The third kappa shape index (κ3) is 6.96. The lowest BCUT2D eigenvalue weighted by Gasteiger charge is -2.18. The van der Waals surface area contributed by atoms with E-state index in [2.05, 4.69) is 23.8 Å². The van der Waals surface area contributed by atoms with Gasteiger partial charge in [-0.25, -0.2) is 19.2 Å². The summed E-state index contributed by atoms with van der Waals surface area (Å²) in [5.41, 5.74) is 2.00. The smallest absolute Gasteiger partial charge is 0.348 e. The largest absolute Gasteiger partial charge is 0.424 e. The number of aryl methyl sites for hydroxylation is 1. The van der Waals surface area contributed by atoms with Crippen LogP contribution in [0.1, 0.15) is 71.3 Å². The Hall–Kier alpha value is -3.08. The number of alkyl halides is 1. The van der Waals surface area contributed by atoms with Gasteiger partial charge in [-0.1, -0.05) is 75.9 Å². The number of hydrogen-bond donors (Lipinski definition) is 0. The molecule has 180 valence electrons. The molecule has 3 rings (SSSR count). The molecule has 0 N–H and O–H groups in total. The summed E-state index contributed by atoms with van der Waals surface area (Å²) >= 11 is 0. The van der Waals surface area contributed by atoms with Gasteiger partial charge in [-0.2, -0.15) is 0 Å². The first kappa shape index (κ1) is 25.5. The number of esters is 1. The lowest BCUT2D eigenvalue weighted by molar-refractivity contribution is -0.147. The van der Waals surface area contributed by atoms with Gasteiger partial charge in [0.2, 0.25) is 5.67 Å². The van der Waals surface area contributed by atoms with Crippen LogP contribution in [0.3, 0.4) is 0 Å². The molecule has 2 aromatic carbocycles. The van der Waals surface area contributed by atoms with Gasteiger partial charge in [0.1, 0.15) is 5.75 Å². The number of nitrogens with zero attached hydrogens (tertiary/aromatic N) is 2.